The van der Waals surface area contributed by atoms with Crippen LogP contribution < -0.4 is 5.32 Å². The number of nitrogens with one attached hydrogen (secondary N) is 1. The van der Waals surface area contributed by atoms with E-state index in [-0.39, 0.29) is 23.8 Å². The van der Waals surface area contributed by atoms with Crippen molar-refractivity contribution in [3.05, 3.63) is 30.1 Å². The Morgan fingerprint density at radius 3 is 2.53 bits per heavy atom. The van der Waals surface area contributed by atoms with Crippen LogP contribution in [0.1, 0.15) is 44.9 Å². The lowest BCUT2D eigenvalue weighted by Gasteiger charge is -2.31. The fourth-order valence-electron chi connectivity index (χ4n) is 3.75. The zero-order chi connectivity index (χ0) is 21.9. The molecule has 0 radical (unpaired) electrons. The quantitative estimate of drug-likeness (QED) is 0.752. The van der Waals surface area contributed by atoms with Gasteiger partial charge in [0.05, 0.1) is 25.0 Å². The molecule has 2 aliphatic heterocycles. The Bertz CT molecular complexity index is 818. The first-order chi connectivity index (χ1) is 14.2. The van der Waals surface area contributed by atoms with E-state index in [1.807, 2.05) is 25.5 Å². The number of carbonyl (C=O) groups excluding carboxylic acids is 3. The highest BCUT2D eigenvalue weighted by Gasteiger charge is 2.29. The first-order valence-electron chi connectivity index (χ1n) is 10.4. The fraction of sp³-hybridized carbons (Fsp3) is 0.619. The molecule has 1 N–H and O–H groups in total. The maximum absolute atomic E-state index is 12.6. The van der Waals surface area contributed by atoms with Gasteiger partial charge >= 0.3 is 6.09 Å². The summed E-state index contributed by atoms with van der Waals surface area (Å²) in [6, 6.07) is 0. The van der Waals surface area contributed by atoms with Gasteiger partial charge in [0.25, 0.3) is 0 Å². The molecule has 0 saturated carbocycles. The summed E-state index contributed by atoms with van der Waals surface area (Å²) in [4.78, 5) is 40.0. The first kappa shape index (κ1) is 21.9. The van der Waals surface area contributed by atoms with Crippen LogP contribution in [0.2, 0.25) is 0 Å². The van der Waals surface area contributed by atoms with Crippen LogP contribution in [-0.2, 0) is 34.0 Å². The van der Waals surface area contributed by atoms with Crippen LogP contribution in [-0.4, -0.2) is 62.7 Å². The monoisotopic (exact) mass is 417 g/mol. The molecule has 9 heteroatoms. The molecule has 0 unspecified atom stereocenters. The number of ether oxygens (including phenoxy) is 1. The van der Waals surface area contributed by atoms with E-state index in [1.54, 1.807) is 16.0 Å². The second-order valence-electron chi connectivity index (χ2n) is 8.76. The van der Waals surface area contributed by atoms with E-state index in [2.05, 4.69) is 17.0 Å². The largest absolute Gasteiger partial charge is 0.444 e. The third kappa shape index (κ3) is 5.20. The second kappa shape index (κ2) is 8.89. The van der Waals surface area contributed by atoms with Gasteiger partial charge in [-0.3, -0.25) is 14.3 Å². The Hall–Kier alpha value is -2.84. The van der Waals surface area contributed by atoms with E-state index in [0.717, 1.165) is 11.3 Å². The van der Waals surface area contributed by atoms with Gasteiger partial charge in [-0.25, -0.2) is 4.79 Å². The number of nitrogens with zero attached hydrogens (tertiary/aromatic N) is 4. The Balaban J connectivity index is 1.54. The lowest BCUT2D eigenvalue weighted by atomic mass is 9.95. The second-order valence-corrected chi connectivity index (χ2v) is 8.76. The van der Waals surface area contributed by atoms with Crippen LogP contribution in [0.4, 0.5) is 4.79 Å². The van der Waals surface area contributed by atoms with Crippen LogP contribution in [0.15, 0.2) is 18.9 Å². The maximum Gasteiger partial charge on any atom is 0.410 e. The van der Waals surface area contributed by atoms with Gasteiger partial charge in [0.2, 0.25) is 11.8 Å². The van der Waals surface area contributed by atoms with Gasteiger partial charge in [-0.15, -0.1) is 0 Å². The van der Waals surface area contributed by atoms with Gasteiger partial charge in [-0.05, 0) is 39.7 Å². The predicted molar refractivity (Wildman–Crippen MR) is 110 cm³/mol. The molecule has 30 heavy (non-hydrogen) atoms. The highest BCUT2D eigenvalue weighted by Crippen LogP contribution is 2.21. The molecule has 0 aliphatic carbocycles. The zero-order valence-electron chi connectivity index (χ0n) is 18.0. The molecule has 1 aromatic rings. The van der Waals surface area contributed by atoms with E-state index in [9.17, 15) is 14.4 Å². The van der Waals surface area contributed by atoms with Crippen molar-refractivity contribution < 1.29 is 19.1 Å². The van der Waals surface area contributed by atoms with Crippen LogP contribution in [0.5, 0.6) is 0 Å². The summed E-state index contributed by atoms with van der Waals surface area (Å²) in [5.41, 5.74) is 1.27. The summed E-state index contributed by atoms with van der Waals surface area (Å²) < 4.78 is 7.35. The number of fused-ring (bicyclic) bond motifs is 1. The fourth-order valence-corrected chi connectivity index (χ4v) is 3.75. The van der Waals surface area contributed by atoms with Crippen LogP contribution in [0, 0.1) is 5.92 Å². The lowest BCUT2D eigenvalue weighted by Crippen LogP contribution is -2.43. The number of aromatic nitrogens is 2. The zero-order valence-corrected chi connectivity index (χ0v) is 18.0. The maximum atomic E-state index is 12.6. The van der Waals surface area contributed by atoms with Gasteiger partial charge < -0.3 is 19.9 Å². The molecule has 1 fully saturated rings. The van der Waals surface area contributed by atoms with E-state index in [1.165, 1.54) is 6.08 Å². The normalized spacial score (nSPS) is 17.3. The molecule has 1 aromatic heterocycles. The van der Waals surface area contributed by atoms with E-state index < -0.39 is 5.60 Å². The van der Waals surface area contributed by atoms with Crippen molar-refractivity contribution in [2.45, 2.75) is 58.8 Å². The predicted octanol–water partition coefficient (Wildman–Crippen LogP) is 1.67. The number of rotatable bonds is 4. The summed E-state index contributed by atoms with van der Waals surface area (Å²) >= 11 is 0. The number of carbonyl (C=O) groups is 3. The minimum atomic E-state index is -0.544. The van der Waals surface area contributed by atoms with E-state index in [0.29, 0.717) is 52.1 Å². The molecule has 0 spiro atoms. The van der Waals surface area contributed by atoms with E-state index in [4.69, 9.17) is 4.74 Å². The number of amides is 3. The van der Waals surface area contributed by atoms with Crippen molar-refractivity contribution in [1.29, 1.82) is 0 Å². The van der Waals surface area contributed by atoms with Crippen molar-refractivity contribution in [1.82, 2.24) is 24.9 Å². The third-order valence-electron chi connectivity index (χ3n) is 5.41. The van der Waals surface area contributed by atoms with Crippen LogP contribution >= 0.6 is 0 Å². The molecule has 1 saturated heterocycles. The van der Waals surface area contributed by atoms with Gasteiger partial charge in [0.1, 0.15) is 5.60 Å². The minimum absolute atomic E-state index is 0.0135. The molecule has 3 amide bonds. The average molecular weight is 418 g/mol. The number of hydrogen-bond donors (Lipinski definition) is 1. The lowest BCUT2D eigenvalue weighted by molar-refractivity contribution is -0.132. The Morgan fingerprint density at radius 1 is 1.20 bits per heavy atom. The molecular weight excluding hydrogens is 386 g/mol. The van der Waals surface area contributed by atoms with Gasteiger partial charge in [-0.1, -0.05) is 6.58 Å². The number of likely N-dealkylation sites (tertiary alicyclic amines) is 1. The molecule has 3 rings (SSSR count). The van der Waals surface area contributed by atoms with Crippen molar-refractivity contribution >= 4 is 17.9 Å². The summed E-state index contributed by atoms with van der Waals surface area (Å²) in [6.45, 7) is 12.1. The van der Waals surface area contributed by atoms with Gasteiger partial charge in [0.15, 0.2) is 0 Å². The van der Waals surface area contributed by atoms with Crippen LogP contribution in [0.25, 0.3) is 0 Å². The van der Waals surface area contributed by atoms with Crippen LogP contribution in [0.3, 0.4) is 0 Å². The van der Waals surface area contributed by atoms with Gasteiger partial charge in [0, 0.05) is 37.7 Å². The Kier molecular flexibility index (Phi) is 6.48. The van der Waals surface area contributed by atoms with Crippen molar-refractivity contribution in [3.63, 3.8) is 0 Å². The van der Waals surface area contributed by atoms with Crippen molar-refractivity contribution in [2.75, 3.05) is 19.6 Å². The molecule has 164 valence electrons. The Morgan fingerprint density at radius 2 is 1.90 bits per heavy atom. The molecule has 0 bridgehead atoms. The average Bonchev–Trinajstić information content (AvgIpc) is 3.12. The minimum Gasteiger partial charge on any atom is -0.444 e. The molecule has 2 aliphatic rings. The standard InChI is InChI=1S/C21H31N5O4/c1-5-18(27)24-8-6-15(7-9-24)19(28)22-12-16-13-23-26-11-10-25(14-17(16)26)20(29)30-21(2,3)4/h5,13,15H,1,6-12,14H2,2-4H3,(H,22,28). The molecule has 0 atom stereocenters. The highest BCUT2D eigenvalue weighted by molar-refractivity contribution is 5.87. The summed E-state index contributed by atoms with van der Waals surface area (Å²) in [6.07, 6.45) is 4.00. The third-order valence-corrected chi connectivity index (χ3v) is 5.41. The molecule has 9 nitrogen and oxygen atoms in total. The Labute approximate surface area is 177 Å². The van der Waals surface area contributed by atoms with Gasteiger partial charge in [-0.2, -0.15) is 5.10 Å². The van der Waals surface area contributed by atoms with E-state index >= 15 is 0 Å². The molecular formula is C21H31N5O4. The summed E-state index contributed by atoms with van der Waals surface area (Å²) in [5.74, 6) is -0.209. The first-order valence-corrected chi connectivity index (χ1v) is 10.4. The smallest absolute Gasteiger partial charge is 0.410 e. The topological polar surface area (TPSA) is 96.8 Å². The molecule has 0 aromatic carbocycles. The summed E-state index contributed by atoms with van der Waals surface area (Å²) in [7, 11) is 0. The number of hydrogen-bond acceptors (Lipinski definition) is 5. The van der Waals surface area contributed by atoms with Crippen molar-refractivity contribution in [3.8, 4) is 0 Å². The SMILES string of the molecule is C=CC(=O)N1CCC(C(=O)NCc2cnn3c2CN(C(=O)OC(C)(C)C)CC3)CC1. The number of piperidine rings is 1. The molecule has 3 heterocycles. The highest BCUT2D eigenvalue weighted by atomic mass is 16.6. The van der Waals surface area contributed by atoms with Crippen molar-refractivity contribution in [2.24, 2.45) is 5.92 Å². The summed E-state index contributed by atoms with van der Waals surface area (Å²) in [5, 5.41) is 7.38.